The van der Waals surface area contributed by atoms with Crippen LogP contribution in [0.2, 0.25) is 5.02 Å². The number of halogens is 1. The molecular formula is C17H13ClN2O4S. The maximum Gasteiger partial charge on any atom is 0.294 e. The quantitative estimate of drug-likeness (QED) is 0.818. The van der Waals surface area contributed by atoms with Crippen molar-refractivity contribution < 1.29 is 18.8 Å². The zero-order valence-electron chi connectivity index (χ0n) is 13.1. The Morgan fingerprint density at radius 3 is 2.72 bits per heavy atom. The molecule has 0 radical (unpaired) electrons. The summed E-state index contributed by atoms with van der Waals surface area (Å²) in [6.45, 7) is 1.40. The minimum atomic E-state index is -0.529. The lowest BCUT2D eigenvalue weighted by Gasteiger charge is -2.13. The van der Waals surface area contributed by atoms with Crippen LogP contribution in [0.3, 0.4) is 0 Å². The number of carbonyl (C=O) groups excluding carboxylic acids is 3. The molecule has 1 N–H and O–H groups in total. The summed E-state index contributed by atoms with van der Waals surface area (Å²) in [5.41, 5.74) is 0.419. The van der Waals surface area contributed by atoms with Gasteiger partial charge in [0.25, 0.3) is 11.1 Å². The molecule has 1 aromatic carbocycles. The summed E-state index contributed by atoms with van der Waals surface area (Å²) in [6.07, 6.45) is 1.49. The Labute approximate surface area is 152 Å². The standard InChI is InChI=1S/C17H13ClN2O4S/c1-10-6-7-11(24-10)8-14-16(22)20(17(23)25-14)9-15(21)19-13-5-3-2-4-12(13)18/h2-8H,9H2,1H3,(H,19,21)/b14-8+. The van der Waals surface area contributed by atoms with Gasteiger partial charge in [-0.1, -0.05) is 23.7 Å². The number of imide groups is 1. The molecule has 1 fully saturated rings. The predicted octanol–water partition coefficient (Wildman–Crippen LogP) is 3.92. The molecule has 0 aliphatic carbocycles. The summed E-state index contributed by atoms with van der Waals surface area (Å²) in [5, 5.41) is 2.45. The van der Waals surface area contributed by atoms with Crippen LogP contribution in [0.15, 0.2) is 45.7 Å². The van der Waals surface area contributed by atoms with Crippen molar-refractivity contribution in [3.8, 4) is 0 Å². The van der Waals surface area contributed by atoms with E-state index in [1.165, 1.54) is 6.08 Å². The van der Waals surface area contributed by atoms with Gasteiger partial charge in [0.1, 0.15) is 18.1 Å². The van der Waals surface area contributed by atoms with Crippen molar-refractivity contribution in [2.24, 2.45) is 0 Å². The Morgan fingerprint density at radius 1 is 1.28 bits per heavy atom. The molecule has 1 aromatic heterocycles. The van der Waals surface area contributed by atoms with E-state index in [9.17, 15) is 14.4 Å². The third kappa shape index (κ3) is 3.94. The second-order valence-corrected chi connectivity index (χ2v) is 6.64. The molecule has 3 rings (SSSR count). The predicted molar refractivity (Wildman–Crippen MR) is 96.2 cm³/mol. The third-order valence-electron chi connectivity index (χ3n) is 3.36. The number of nitrogens with zero attached hydrogens (tertiary/aromatic N) is 1. The van der Waals surface area contributed by atoms with E-state index < -0.39 is 17.1 Å². The highest BCUT2D eigenvalue weighted by molar-refractivity contribution is 8.18. The van der Waals surface area contributed by atoms with Gasteiger partial charge in [-0.25, -0.2) is 0 Å². The van der Waals surface area contributed by atoms with Crippen molar-refractivity contribution in [2.75, 3.05) is 11.9 Å². The lowest BCUT2D eigenvalue weighted by atomic mass is 10.3. The van der Waals surface area contributed by atoms with Gasteiger partial charge in [-0.2, -0.15) is 0 Å². The molecule has 0 spiro atoms. The summed E-state index contributed by atoms with van der Waals surface area (Å²) >= 11 is 6.74. The number of carbonyl (C=O) groups is 3. The fraction of sp³-hybridized carbons (Fsp3) is 0.118. The van der Waals surface area contributed by atoms with Gasteiger partial charge in [-0.05, 0) is 43.0 Å². The summed E-state index contributed by atoms with van der Waals surface area (Å²) in [5.74, 6) is 0.136. The smallest absolute Gasteiger partial charge is 0.294 e. The van der Waals surface area contributed by atoms with E-state index in [2.05, 4.69) is 5.32 Å². The first-order valence-electron chi connectivity index (χ1n) is 7.30. The molecule has 1 aliphatic rings. The van der Waals surface area contributed by atoms with Gasteiger partial charge in [0.05, 0.1) is 15.6 Å². The summed E-state index contributed by atoms with van der Waals surface area (Å²) in [7, 11) is 0. The Balaban J connectivity index is 1.69. The number of rotatable bonds is 4. The van der Waals surface area contributed by atoms with Crippen LogP contribution in [-0.2, 0) is 9.59 Å². The molecule has 0 saturated carbocycles. The number of para-hydroxylation sites is 1. The number of benzene rings is 1. The Bertz CT molecular complexity index is 890. The Kier molecular flexibility index (Phi) is 4.96. The lowest BCUT2D eigenvalue weighted by molar-refractivity contribution is -0.127. The van der Waals surface area contributed by atoms with Gasteiger partial charge >= 0.3 is 0 Å². The molecule has 2 heterocycles. The molecule has 0 unspecified atom stereocenters. The van der Waals surface area contributed by atoms with E-state index >= 15 is 0 Å². The van der Waals surface area contributed by atoms with E-state index in [0.29, 0.717) is 22.2 Å². The largest absolute Gasteiger partial charge is 0.462 e. The van der Waals surface area contributed by atoms with E-state index in [4.69, 9.17) is 16.0 Å². The van der Waals surface area contributed by atoms with Crippen LogP contribution in [0.1, 0.15) is 11.5 Å². The summed E-state index contributed by atoms with van der Waals surface area (Å²) < 4.78 is 5.37. The fourth-order valence-electron chi connectivity index (χ4n) is 2.19. The van der Waals surface area contributed by atoms with Gasteiger partial charge in [0.2, 0.25) is 5.91 Å². The van der Waals surface area contributed by atoms with Gasteiger partial charge < -0.3 is 9.73 Å². The molecule has 0 atom stereocenters. The van der Waals surface area contributed by atoms with Crippen molar-refractivity contribution in [3.05, 3.63) is 57.8 Å². The molecule has 0 bridgehead atoms. The topological polar surface area (TPSA) is 79.6 Å². The molecule has 25 heavy (non-hydrogen) atoms. The average Bonchev–Trinajstić information content (AvgIpc) is 3.08. The van der Waals surface area contributed by atoms with E-state index in [1.54, 1.807) is 43.3 Å². The lowest BCUT2D eigenvalue weighted by Crippen LogP contribution is -2.36. The minimum Gasteiger partial charge on any atom is -0.462 e. The number of amides is 3. The minimum absolute atomic E-state index is 0.213. The molecule has 6 nitrogen and oxygen atoms in total. The van der Waals surface area contributed by atoms with Crippen LogP contribution < -0.4 is 5.32 Å². The highest BCUT2D eigenvalue weighted by atomic mass is 35.5. The molecule has 128 valence electrons. The monoisotopic (exact) mass is 376 g/mol. The van der Waals surface area contributed by atoms with Crippen LogP contribution in [0.4, 0.5) is 10.5 Å². The number of hydrogen-bond donors (Lipinski definition) is 1. The first-order chi connectivity index (χ1) is 11.9. The molecule has 2 aromatic rings. The first kappa shape index (κ1) is 17.3. The second kappa shape index (κ2) is 7.16. The average molecular weight is 377 g/mol. The number of hydrogen-bond acceptors (Lipinski definition) is 5. The van der Waals surface area contributed by atoms with Crippen LogP contribution in [0.25, 0.3) is 6.08 Å². The third-order valence-corrected chi connectivity index (χ3v) is 4.59. The van der Waals surface area contributed by atoms with Crippen LogP contribution in [0, 0.1) is 6.92 Å². The van der Waals surface area contributed by atoms with Crippen molar-refractivity contribution in [1.29, 1.82) is 0 Å². The van der Waals surface area contributed by atoms with Gasteiger partial charge in [-0.15, -0.1) is 0 Å². The zero-order valence-corrected chi connectivity index (χ0v) is 14.7. The van der Waals surface area contributed by atoms with Crippen LogP contribution in [-0.4, -0.2) is 28.5 Å². The number of thioether (sulfide) groups is 1. The normalized spacial score (nSPS) is 15.9. The molecule has 1 aliphatic heterocycles. The van der Waals surface area contributed by atoms with Gasteiger partial charge in [0.15, 0.2) is 0 Å². The molecule has 3 amide bonds. The van der Waals surface area contributed by atoms with E-state index in [-0.39, 0.29) is 11.4 Å². The number of anilines is 1. The van der Waals surface area contributed by atoms with Crippen molar-refractivity contribution >= 4 is 52.2 Å². The fourth-order valence-corrected chi connectivity index (χ4v) is 3.19. The van der Waals surface area contributed by atoms with Crippen molar-refractivity contribution in [1.82, 2.24) is 4.90 Å². The maximum atomic E-state index is 12.4. The number of nitrogens with one attached hydrogen (secondary N) is 1. The number of aryl methyl sites for hydroxylation is 1. The van der Waals surface area contributed by atoms with Crippen molar-refractivity contribution in [3.63, 3.8) is 0 Å². The van der Waals surface area contributed by atoms with Crippen molar-refractivity contribution in [2.45, 2.75) is 6.92 Å². The SMILES string of the molecule is Cc1ccc(/C=C2/SC(=O)N(CC(=O)Nc3ccccc3Cl)C2=O)o1. The molecule has 8 heteroatoms. The number of furan rings is 1. The van der Waals surface area contributed by atoms with E-state index in [1.807, 2.05) is 0 Å². The van der Waals surface area contributed by atoms with E-state index in [0.717, 1.165) is 16.7 Å². The maximum absolute atomic E-state index is 12.4. The van der Waals surface area contributed by atoms with Crippen LogP contribution >= 0.6 is 23.4 Å². The highest BCUT2D eigenvalue weighted by Crippen LogP contribution is 2.32. The Hall–Kier alpha value is -2.51. The summed E-state index contributed by atoms with van der Waals surface area (Å²) in [6, 6.07) is 10.2. The first-order valence-corrected chi connectivity index (χ1v) is 8.49. The summed E-state index contributed by atoms with van der Waals surface area (Å²) in [4.78, 5) is 37.6. The van der Waals surface area contributed by atoms with Gasteiger partial charge in [0, 0.05) is 6.08 Å². The zero-order chi connectivity index (χ0) is 18.0. The molecular weight excluding hydrogens is 364 g/mol. The molecule has 1 saturated heterocycles. The Morgan fingerprint density at radius 2 is 2.04 bits per heavy atom. The second-order valence-electron chi connectivity index (χ2n) is 5.24. The highest BCUT2D eigenvalue weighted by Gasteiger charge is 2.36. The van der Waals surface area contributed by atoms with Crippen LogP contribution in [0.5, 0.6) is 0 Å². The van der Waals surface area contributed by atoms with Gasteiger partial charge in [-0.3, -0.25) is 19.3 Å².